The van der Waals surface area contributed by atoms with E-state index in [1.165, 1.54) is 31.2 Å². The Kier molecular flexibility index (Phi) is 7.24. The number of benzene rings is 1. The lowest BCUT2D eigenvalue weighted by atomic mass is 10.0. The first-order valence-corrected chi connectivity index (χ1v) is 11.0. The van der Waals surface area contributed by atoms with Crippen LogP contribution in [0.1, 0.15) is 50.5 Å². The van der Waals surface area contributed by atoms with Crippen LogP contribution in [0.3, 0.4) is 0 Å². The van der Waals surface area contributed by atoms with Gasteiger partial charge in [-0.15, -0.1) is 0 Å². The summed E-state index contributed by atoms with van der Waals surface area (Å²) < 4.78 is 0. The summed E-state index contributed by atoms with van der Waals surface area (Å²) in [4.78, 5) is 17.3. The molecule has 1 atom stereocenters. The summed E-state index contributed by atoms with van der Waals surface area (Å²) in [5, 5.41) is 3.07. The fourth-order valence-corrected chi connectivity index (χ4v) is 4.57. The van der Waals surface area contributed by atoms with Crippen LogP contribution in [0.15, 0.2) is 48.9 Å². The van der Waals surface area contributed by atoms with E-state index in [0.717, 1.165) is 49.8 Å². The second-order valence-electron chi connectivity index (χ2n) is 8.64. The number of carbonyl (C=O) groups excluding carboxylic acids is 1. The summed E-state index contributed by atoms with van der Waals surface area (Å²) in [6.07, 6.45) is 8.34. The van der Waals surface area contributed by atoms with Gasteiger partial charge in [0.2, 0.25) is 5.91 Å². The highest BCUT2D eigenvalue weighted by molar-refractivity contribution is 5.95. The smallest absolute Gasteiger partial charge is 0.247 e. The van der Waals surface area contributed by atoms with Gasteiger partial charge in [-0.1, -0.05) is 56.5 Å². The van der Waals surface area contributed by atoms with Gasteiger partial charge in [0, 0.05) is 24.5 Å². The van der Waals surface area contributed by atoms with Crippen molar-refractivity contribution in [1.29, 1.82) is 0 Å². The number of amides is 1. The van der Waals surface area contributed by atoms with Crippen molar-refractivity contribution in [2.45, 2.75) is 57.9 Å². The molecule has 1 heterocycles. The Hall–Kier alpha value is -2.43. The molecule has 1 aromatic rings. The summed E-state index contributed by atoms with van der Waals surface area (Å²) in [7, 11) is 0. The summed E-state index contributed by atoms with van der Waals surface area (Å²) in [6.45, 7) is 12.7. The molecular weight excluding hydrogens is 360 g/mol. The number of nitrogens with two attached hydrogens (primary N) is 1. The average molecular weight is 397 g/mol. The first-order valence-electron chi connectivity index (χ1n) is 11.0. The number of rotatable bonds is 9. The van der Waals surface area contributed by atoms with E-state index in [0.29, 0.717) is 12.2 Å². The highest BCUT2D eigenvalue weighted by Crippen LogP contribution is 2.30. The second-order valence-corrected chi connectivity index (χ2v) is 8.64. The number of hydrogen-bond acceptors (Lipinski definition) is 4. The maximum atomic E-state index is 13.0. The molecule has 1 amide bonds. The number of anilines is 1. The van der Waals surface area contributed by atoms with Gasteiger partial charge in [-0.05, 0) is 44.2 Å². The molecule has 1 saturated carbocycles. The van der Waals surface area contributed by atoms with Crippen LogP contribution in [0.25, 0.3) is 0 Å². The molecule has 158 valence electrons. The predicted octanol–water partition coefficient (Wildman–Crippen LogP) is 4.22. The number of nitrogens with zero attached hydrogens (tertiary/aromatic N) is 2. The number of aryl methyl sites for hydroxylation is 1. The van der Waals surface area contributed by atoms with Crippen LogP contribution in [0.5, 0.6) is 0 Å². The Morgan fingerprint density at radius 3 is 2.52 bits per heavy atom. The van der Waals surface area contributed by atoms with Crippen molar-refractivity contribution in [3.05, 3.63) is 54.5 Å². The van der Waals surface area contributed by atoms with Crippen molar-refractivity contribution in [1.82, 2.24) is 9.80 Å². The number of hydrogen-bond donors (Lipinski definition) is 2. The Bertz CT molecular complexity index is 721. The molecular formula is C24H36N4O. The Morgan fingerprint density at radius 2 is 1.86 bits per heavy atom. The lowest BCUT2D eigenvalue weighted by Crippen LogP contribution is -2.44. The normalized spacial score (nSPS) is 19.3. The van der Waals surface area contributed by atoms with Crippen molar-refractivity contribution in [3.63, 3.8) is 0 Å². The number of nitrogens with one attached hydrogen (secondary N) is 1. The maximum absolute atomic E-state index is 13.0. The number of carbonyl (C=O) groups is 1. The van der Waals surface area contributed by atoms with Crippen molar-refractivity contribution in [3.8, 4) is 0 Å². The molecule has 1 saturated heterocycles. The third kappa shape index (κ3) is 5.78. The van der Waals surface area contributed by atoms with Crippen LogP contribution in [-0.2, 0) is 4.79 Å². The quantitative estimate of drug-likeness (QED) is 0.656. The van der Waals surface area contributed by atoms with Gasteiger partial charge < -0.3 is 20.9 Å². The van der Waals surface area contributed by atoms with Crippen LogP contribution in [-0.4, -0.2) is 41.4 Å². The first kappa shape index (κ1) is 21.3. The first-order chi connectivity index (χ1) is 13.9. The van der Waals surface area contributed by atoms with E-state index in [1.54, 1.807) is 0 Å². The van der Waals surface area contributed by atoms with E-state index >= 15 is 0 Å². The van der Waals surface area contributed by atoms with E-state index in [9.17, 15) is 4.79 Å². The molecule has 2 fully saturated rings. The van der Waals surface area contributed by atoms with Crippen LogP contribution in [0, 0.1) is 12.8 Å². The number of likely N-dealkylation sites (tertiary alicyclic amines) is 1. The SMILES string of the molecule is C=C(N)CN(CCC1CCCC1)C(=C)N1CCCC1C(=O)Nc1ccc(C)cc1. The van der Waals surface area contributed by atoms with Gasteiger partial charge >= 0.3 is 0 Å². The van der Waals surface area contributed by atoms with Gasteiger partial charge in [0.15, 0.2) is 0 Å². The van der Waals surface area contributed by atoms with Crippen molar-refractivity contribution >= 4 is 11.6 Å². The van der Waals surface area contributed by atoms with Gasteiger partial charge in [-0.2, -0.15) is 0 Å². The largest absolute Gasteiger partial charge is 0.401 e. The minimum atomic E-state index is -0.191. The van der Waals surface area contributed by atoms with Crippen LogP contribution >= 0.6 is 0 Å². The monoisotopic (exact) mass is 396 g/mol. The Morgan fingerprint density at radius 1 is 1.17 bits per heavy atom. The minimum Gasteiger partial charge on any atom is -0.401 e. The maximum Gasteiger partial charge on any atom is 0.247 e. The topological polar surface area (TPSA) is 61.6 Å². The molecule has 2 aliphatic rings. The highest BCUT2D eigenvalue weighted by Gasteiger charge is 2.33. The molecule has 1 unspecified atom stereocenters. The van der Waals surface area contributed by atoms with Crippen molar-refractivity contribution in [2.24, 2.45) is 11.7 Å². The van der Waals surface area contributed by atoms with Crippen LogP contribution < -0.4 is 11.1 Å². The summed E-state index contributed by atoms with van der Waals surface area (Å²) in [5.74, 6) is 1.74. The molecule has 1 aromatic carbocycles. The zero-order chi connectivity index (χ0) is 20.8. The minimum absolute atomic E-state index is 0.0369. The average Bonchev–Trinajstić information content (AvgIpc) is 3.38. The third-order valence-electron chi connectivity index (χ3n) is 6.25. The van der Waals surface area contributed by atoms with E-state index in [2.05, 4.69) is 28.3 Å². The molecule has 3 rings (SSSR count). The van der Waals surface area contributed by atoms with Gasteiger partial charge in [0.05, 0.1) is 12.4 Å². The molecule has 0 bridgehead atoms. The van der Waals surface area contributed by atoms with Gasteiger partial charge in [-0.25, -0.2) is 0 Å². The summed E-state index contributed by atoms with van der Waals surface area (Å²) in [5.41, 5.74) is 8.60. The molecule has 1 aliphatic carbocycles. The fourth-order valence-electron chi connectivity index (χ4n) is 4.57. The van der Waals surface area contributed by atoms with Crippen LogP contribution in [0.2, 0.25) is 0 Å². The van der Waals surface area contributed by atoms with E-state index in [1.807, 2.05) is 31.2 Å². The zero-order valence-electron chi connectivity index (χ0n) is 17.8. The highest BCUT2D eigenvalue weighted by atomic mass is 16.2. The molecule has 0 radical (unpaired) electrons. The van der Waals surface area contributed by atoms with E-state index < -0.39 is 0 Å². The standard InChI is InChI=1S/C24H36N4O/c1-18-10-12-22(13-11-18)26-24(29)23-9-6-15-28(23)20(3)27(17-19(2)25)16-14-21-7-4-5-8-21/h10-13,21,23H,2-9,14-17,25H2,1H3,(H,26,29). The molecule has 5 nitrogen and oxygen atoms in total. The molecule has 0 aromatic heterocycles. The van der Waals surface area contributed by atoms with Crippen LogP contribution in [0.4, 0.5) is 5.69 Å². The molecule has 1 aliphatic heterocycles. The van der Waals surface area contributed by atoms with Gasteiger partial charge in [-0.3, -0.25) is 4.79 Å². The van der Waals surface area contributed by atoms with E-state index in [4.69, 9.17) is 5.73 Å². The fraction of sp³-hybridized carbons (Fsp3) is 0.542. The van der Waals surface area contributed by atoms with Gasteiger partial charge in [0.25, 0.3) is 0 Å². The zero-order valence-corrected chi connectivity index (χ0v) is 17.8. The lowest BCUT2D eigenvalue weighted by Gasteiger charge is -2.36. The predicted molar refractivity (Wildman–Crippen MR) is 120 cm³/mol. The summed E-state index contributed by atoms with van der Waals surface area (Å²) in [6, 6.07) is 7.74. The van der Waals surface area contributed by atoms with Gasteiger partial charge in [0.1, 0.15) is 6.04 Å². The van der Waals surface area contributed by atoms with E-state index in [-0.39, 0.29) is 11.9 Å². The molecule has 0 spiro atoms. The second kappa shape index (κ2) is 9.86. The third-order valence-corrected chi connectivity index (χ3v) is 6.25. The molecule has 29 heavy (non-hydrogen) atoms. The lowest BCUT2D eigenvalue weighted by molar-refractivity contribution is -0.120. The Labute approximate surface area is 175 Å². The summed E-state index contributed by atoms with van der Waals surface area (Å²) >= 11 is 0. The van der Waals surface area contributed by atoms with Crippen molar-refractivity contribution in [2.75, 3.05) is 25.0 Å². The Balaban J connectivity index is 1.64. The molecule has 5 heteroatoms. The molecule has 3 N–H and O–H groups in total. The van der Waals surface area contributed by atoms with Crippen molar-refractivity contribution < 1.29 is 4.79 Å².